The van der Waals surface area contributed by atoms with Crippen molar-refractivity contribution in [3.63, 3.8) is 0 Å². The van der Waals surface area contributed by atoms with E-state index < -0.39 is 10.0 Å². The van der Waals surface area contributed by atoms with Crippen molar-refractivity contribution in [1.82, 2.24) is 14.5 Å². The number of amides is 1. The van der Waals surface area contributed by atoms with Gasteiger partial charge in [0.05, 0.1) is 11.4 Å². The Morgan fingerprint density at radius 2 is 1.68 bits per heavy atom. The van der Waals surface area contributed by atoms with Gasteiger partial charge in [-0.3, -0.25) is 4.79 Å². The lowest BCUT2D eigenvalue weighted by atomic mass is 10.0. The van der Waals surface area contributed by atoms with Crippen LogP contribution in [-0.4, -0.2) is 62.8 Å². The molecule has 1 aliphatic rings. The molecule has 0 radical (unpaired) electrons. The predicted octanol–water partition coefficient (Wildman–Crippen LogP) is 2.35. The fourth-order valence-electron chi connectivity index (χ4n) is 3.27. The second-order valence-electron chi connectivity index (χ2n) is 8.39. The van der Waals surface area contributed by atoms with Crippen LogP contribution in [0, 0.1) is 11.8 Å². The van der Waals surface area contributed by atoms with E-state index >= 15 is 0 Å². The minimum absolute atomic E-state index is 0.0944. The van der Waals surface area contributed by atoms with E-state index in [4.69, 9.17) is 0 Å². The first-order valence-electron chi connectivity index (χ1n) is 10.3. The number of nitrogens with one attached hydrogen (secondary N) is 1. The number of carbonyl (C=O) groups is 1. The molecule has 0 aliphatic carbocycles. The average Bonchev–Trinajstić information content (AvgIpc) is 2.65. The summed E-state index contributed by atoms with van der Waals surface area (Å²) in [7, 11) is -3.71. The van der Waals surface area contributed by atoms with Crippen molar-refractivity contribution >= 4 is 15.9 Å². The molecule has 7 heteroatoms. The molecule has 1 heterocycles. The molecule has 0 spiro atoms. The highest BCUT2D eigenvalue weighted by Gasteiger charge is 2.29. The monoisotopic (exact) mass is 409 g/mol. The van der Waals surface area contributed by atoms with Gasteiger partial charge in [0.1, 0.15) is 0 Å². The Kier molecular flexibility index (Phi) is 8.46. The zero-order chi connectivity index (χ0) is 20.7. The van der Waals surface area contributed by atoms with Gasteiger partial charge in [-0.1, -0.05) is 39.8 Å². The van der Waals surface area contributed by atoms with Crippen LogP contribution in [0.3, 0.4) is 0 Å². The van der Waals surface area contributed by atoms with Crippen LogP contribution in [0.5, 0.6) is 0 Å². The van der Waals surface area contributed by atoms with Crippen LogP contribution in [0.25, 0.3) is 0 Å². The average molecular weight is 410 g/mol. The largest absolute Gasteiger partial charge is 0.339 e. The lowest BCUT2D eigenvalue weighted by molar-refractivity contribution is -0.132. The lowest BCUT2D eigenvalue weighted by Gasteiger charge is -2.30. The summed E-state index contributed by atoms with van der Waals surface area (Å²) in [5.41, 5.74) is 1.12. The smallest absolute Gasteiger partial charge is 0.243 e. The van der Waals surface area contributed by atoms with Crippen molar-refractivity contribution in [2.45, 2.75) is 45.4 Å². The number of sulfonamides is 1. The van der Waals surface area contributed by atoms with E-state index in [0.717, 1.165) is 31.5 Å². The molecule has 1 aromatic rings. The Morgan fingerprint density at radius 1 is 1.07 bits per heavy atom. The number of piperazine rings is 1. The minimum Gasteiger partial charge on any atom is -0.339 e. The Bertz CT molecular complexity index is 724. The molecular formula is C21H35N3O3S. The minimum atomic E-state index is -3.71. The third kappa shape index (κ3) is 6.57. The van der Waals surface area contributed by atoms with E-state index in [1.165, 1.54) is 4.31 Å². The van der Waals surface area contributed by atoms with Gasteiger partial charge in [-0.25, -0.2) is 8.42 Å². The Hall–Kier alpha value is -1.44. The first kappa shape index (κ1) is 22.8. The molecule has 158 valence electrons. The van der Waals surface area contributed by atoms with Crippen molar-refractivity contribution in [3.8, 4) is 0 Å². The molecule has 0 aromatic heterocycles. The molecule has 1 N–H and O–H groups in total. The van der Waals surface area contributed by atoms with Gasteiger partial charge in [0.25, 0.3) is 0 Å². The zero-order valence-corrected chi connectivity index (χ0v) is 18.5. The van der Waals surface area contributed by atoms with Crippen LogP contribution in [0.15, 0.2) is 29.2 Å². The highest BCUT2D eigenvalue weighted by molar-refractivity contribution is 7.89. The third-order valence-electron chi connectivity index (χ3n) is 4.94. The molecule has 0 bridgehead atoms. The van der Waals surface area contributed by atoms with E-state index in [1.54, 1.807) is 17.0 Å². The van der Waals surface area contributed by atoms with Crippen LogP contribution in [0.2, 0.25) is 0 Å². The van der Waals surface area contributed by atoms with Crippen molar-refractivity contribution in [3.05, 3.63) is 29.8 Å². The maximum absolute atomic E-state index is 13.2. The Labute approximate surface area is 170 Å². The predicted molar refractivity (Wildman–Crippen MR) is 113 cm³/mol. The normalized spacial score (nSPS) is 15.6. The maximum Gasteiger partial charge on any atom is 0.243 e. The molecule has 0 unspecified atom stereocenters. The van der Waals surface area contributed by atoms with Gasteiger partial charge in [0.2, 0.25) is 15.9 Å². The zero-order valence-electron chi connectivity index (χ0n) is 17.6. The van der Waals surface area contributed by atoms with Crippen LogP contribution < -0.4 is 5.32 Å². The van der Waals surface area contributed by atoms with Crippen molar-refractivity contribution in [1.29, 1.82) is 0 Å². The molecule has 1 aromatic carbocycles. The van der Waals surface area contributed by atoms with Crippen LogP contribution in [0.1, 0.15) is 39.7 Å². The standard InChI is InChI=1S/C21H35N3O3S/c1-17(2)9-12-24(16-21(25)23-13-10-22-11-14-23)28(26,27)20-7-5-19(6-8-20)15-18(3)4/h5-8,17-18,22H,9-16H2,1-4H3. The molecule has 1 saturated heterocycles. The molecule has 28 heavy (non-hydrogen) atoms. The van der Waals surface area contributed by atoms with Gasteiger partial charge in [0.15, 0.2) is 0 Å². The number of rotatable bonds is 9. The summed E-state index contributed by atoms with van der Waals surface area (Å²) in [4.78, 5) is 14.7. The number of benzene rings is 1. The maximum atomic E-state index is 13.2. The number of carbonyl (C=O) groups excluding carboxylic acids is 1. The fourth-order valence-corrected chi connectivity index (χ4v) is 4.67. The molecule has 0 atom stereocenters. The summed E-state index contributed by atoms with van der Waals surface area (Å²) in [6.07, 6.45) is 1.64. The van der Waals surface area contributed by atoms with Crippen LogP contribution in [0.4, 0.5) is 0 Å². The quantitative estimate of drug-likeness (QED) is 0.680. The molecule has 6 nitrogen and oxygen atoms in total. The molecular weight excluding hydrogens is 374 g/mol. The van der Waals surface area contributed by atoms with E-state index in [0.29, 0.717) is 31.5 Å². The topological polar surface area (TPSA) is 69.7 Å². The summed E-state index contributed by atoms with van der Waals surface area (Å²) in [5.74, 6) is 0.757. The van der Waals surface area contributed by atoms with E-state index in [2.05, 4.69) is 33.0 Å². The first-order chi connectivity index (χ1) is 13.2. The SMILES string of the molecule is CC(C)CCN(CC(=O)N1CCNCC1)S(=O)(=O)c1ccc(CC(C)C)cc1. The summed E-state index contributed by atoms with van der Waals surface area (Å²) in [6.45, 7) is 11.4. The third-order valence-corrected chi connectivity index (χ3v) is 6.80. The van der Waals surface area contributed by atoms with Crippen molar-refractivity contribution in [2.24, 2.45) is 11.8 Å². The van der Waals surface area contributed by atoms with Gasteiger partial charge in [0, 0.05) is 32.7 Å². The van der Waals surface area contributed by atoms with E-state index in [1.807, 2.05) is 12.1 Å². The van der Waals surface area contributed by atoms with Crippen molar-refractivity contribution < 1.29 is 13.2 Å². The second kappa shape index (κ2) is 10.4. The van der Waals surface area contributed by atoms with Crippen LogP contribution >= 0.6 is 0 Å². The molecule has 1 amide bonds. The van der Waals surface area contributed by atoms with Gasteiger partial charge in [-0.15, -0.1) is 0 Å². The molecule has 1 fully saturated rings. The lowest BCUT2D eigenvalue weighted by Crippen LogP contribution is -2.50. The fraction of sp³-hybridized carbons (Fsp3) is 0.667. The highest BCUT2D eigenvalue weighted by atomic mass is 32.2. The molecule has 1 aliphatic heterocycles. The second-order valence-corrected chi connectivity index (χ2v) is 10.3. The summed E-state index contributed by atoms with van der Waals surface area (Å²) < 4.78 is 27.8. The summed E-state index contributed by atoms with van der Waals surface area (Å²) >= 11 is 0. The Balaban J connectivity index is 2.18. The molecule has 2 rings (SSSR count). The number of hydrogen-bond acceptors (Lipinski definition) is 4. The number of nitrogens with zero attached hydrogens (tertiary/aromatic N) is 2. The van der Waals surface area contributed by atoms with E-state index in [9.17, 15) is 13.2 Å². The Morgan fingerprint density at radius 3 is 2.21 bits per heavy atom. The number of hydrogen-bond donors (Lipinski definition) is 1. The van der Waals surface area contributed by atoms with Gasteiger partial charge >= 0.3 is 0 Å². The highest BCUT2D eigenvalue weighted by Crippen LogP contribution is 2.19. The van der Waals surface area contributed by atoms with Gasteiger partial charge in [-0.2, -0.15) is 4.31 Å². The summed E-state index contributed by atoms with van der Waals surface area (Å²) in [6, 6.07) is 7.10. The van der Waals surface area contributed by atoms with Crippen LogP contribution in [-0.2, 0) is 21.2 Å². The van der Waals surface area contributed by atoms with Gasteiger partial charge < -0.3 is 10.2 Å². The van der Waals surface area contributed by atoms with Gasteiger partial charge in [-0.05, 0) is 42.4 Å². The molecule has 0 saturated carbocycles. The van der Waals surface area contributed by atoms with Crippen molar-refractivity contribution in [2.75, 3.05) is 39.3 Å². The first-order valence-corrected chi connectivity index (χ1v) is 11.7. The van der Waals surface area contributed by atoms with E-state index in [-0.39, 0.29) is 17.3 Å². The summed E-state index contributed by atoms with van der Waals surface area (Å²) in [5, 5.41) is 3.21.